The third kappa shape index (κ3) is 2.68. The summed E-state index contributed by atoms with van der Waals surface area (Å²) in [4.78, 5) is 14.0. The molecule has 0 radical (unpaired) electrons. The van der Waals surface area contributed by atoms with E-state index in [0.717, 1.165) is 12.0 Å². The van der Waals surface area contributed by atoms with Crippen LogP contribution in [0.3, 0.4) is 0 Å². The molecule has 4 heteroatoms. The van der Waals surface area contributed by atoms with Crippen molar-refractivity contribution in [1.82, 2.24) is 4.90 Å². The molecule has 0 saturated carbocycles. The van der Waals surface area contributed by atoms with Crippen molar-refractivity contribution < 1.29 is 9.90 Å². The molecule has 0 aliphatic carbocycles. The zero-order valence-corrected chi connectivity index (χ0v) is 11.4. The van der Waals surface area contributed by atoms with Crippen LogP contribution in [-0.4, -0.2) is 35.1 Å². The van der Waals surface area contributed by atoms with Crippen molar-refractivity contribution >= 4 is 17.5 Å². The molecule has 0 bridgehead atoms. The van der Waals surface area contributed by atoms with E-state index in [2.05, 4.69) is 0 Å². The summed E-state index contributed by atoms with van der Waals surface area (Å²) in [6.07, 6.45) is 0.392. The van der Waals surface area contributed by atoms with Crippen LogP contribution >= 0.6 is 11.6 Å². The quantitative estimate of drug-likeness (QED) is 0.849. The number of aliphatic hydroxyl groups is 1. The highest BCUT2D eigenvalue weighted by Gasteiger charge is 2.28. The number of aryl methyl sites for hydroxylation is 1. The first-order chi connectivity index (χ1) is 8.49. The molecule has 1 N–H and O–H groups in total. The van der Waals surface area contributed by atoms with Crippen molar-refractivity contribution in [1.29, 1.82) is 0 Å². The number of halogens is 1. The second kappa shape index (κ2) is 5.29. The fourth-order valence-corrected chi connectivity index (χ4v) is 2.51. The molecule has 0 aromatic heterocycles. The highest BCUT2D eigenvalue weighted by molar-refractivity contribution is 6.33. The van der Waals surface area contributed by atoms with Crippen LogP contribution in [0.15, 0.2) is 18.2 Å². The van der Waals surface area contributed by atoms with Crippen molar-refractivity contribution in [3.63, 3.8) is 0 Å². The molecule has 2 atom stereocenters. The fourth-order valence-electron chi connectivity index (χ4n) is 2.20. The van der Waals surface area contributed by atoms with Crippen molar-refractivity contribution in [2.24, 2.45) is 5.92 Å². The Morgan fingerprint density at radius 2 is 2.22 bits per heavy atom. The van der Waals surface area contributed by atoms with Gasteiger partial charge >= 0.3 is 0 Å². The van der Waals surface area contributed by atoms with Crippen LogP contribution in [0, 0.1) is 12.8 Å². The summed E-state index contributed by atoms with van der Waals surface area (Å²) >= 11 is 6.10. The van der Waals surface area contributed by atoms with E-state index in [0.29, 0.717) is 23.7 Å². The number of nitrogens with zero attached hydrogens (tertiary/aromatic N) is 1. The van der Waals surface area contributed by atoms with Crippen LogP contribution in [0.1, 0.15) is 29.3 Å². The normalized spacial score (nSPS) is 24.1. The molecular formula is C14H18ClNO2. The lowest BCUT2D eigenvalue weighted by atomic mass is 9.95. The van der Waals surface area contributed by atoms with E-state index in [-0.39, 0.29) is 11.8 Å². The van der Waals surface area contributed by atoms with Gasteiger partial charge in [-0.3, -0.25) is 4.79 Å². The van der Waals surface area contributed by atoms with Gasteiger partial charge in [0.05, 0.1) is 16.7 Å². The largest absolute Gasteiger partial charge is 0.391 e. The number of likely N-dealkylation sites (tertiary alicyclic amines) is 1. The number of amides is 1. The molecule has 1 fully saturated rings. The molecule has 3 nitrogen and oxygen atoms in total. The van der Waals surface area contributed by atoms with E-state index < -0.39 is 6.10 Å². The predicted octanol–water partition coefficient (Wildman–Crippen LogP) is 2.49. The number of piperidine rings is 1. The summed E-state index contributed by atoms with van der Waals surface area (Å²) in [5, 5.41) is 10.3. The van der Waals surface area contributed by atoms with Gasteiger partial charge in [-0.2, -0.15) is 0 Å². The number of hydrogen-bond acceptors (Lipinski definition) is 2. The SMILES string of the molecule is Cc1ccc(C(=O)N2CCC(C)C(O)C2)c(Cl)c1. The molecule has 2 rings (SSSR count). The van der Waals surface area contributed by atoms with E-state index in [1.54, 1.807) is 17.0 Å². The topological polar surface area (TPSA) is 40.5 Å². The minimum Gasteiger partial charge on any atom is -0.391 e. The van der Waals surface area contributed by atoms with Crippen LogP contribution in [0.5, 0.6) is 0 Å². The van der Waals surface area contributed by atoms with Crippen LogP contribution < -0.4 is 0 Å². The highest BCUT2D eigenvalue weighted by atomic mass is 35.5. The van der Waals surface area contributed by atoms with E-state index in [1.165, 1.54) is 0 Å². The van der Waals surface area contributed by atoms with E-state index in [9.17, 15) is 9.90 Å². The van der Waals surface area contributed by atoms with Crippen molar-refractivity contribution in [2.45, 2.75) is 26.4 Å². The Morgan fingerprint density at radius 1 is 1.50 bits per heavy atom. The molecule has 98 valence electrons. The first-order valence-electron chi connectivity index (χ1n) is 6.22. The Kier molecular flexibility index (Phi) is 3.93. The third-order valence-electron chi connectivity index (χ3n) is 3.56. The van der Waals surface area contributed by atoms with Gasteiger partial charge in [0.1, 0.15) is 0 Å². The number of rotatable bonds is 1. The average Bonchev–Trinajstić information content (AvgIpc) is 2.32. The maximum Gasteiger partial charge on any atom is 0.255 e. The summed E-state index contributed by atoms with van der Waals surface area (Å²) in [5.74, 6) is 0.161. The number of benzene rings is 1. The second-order valence-electron chi connectivity index (χ2n) is 5.07. The van der Waals surface area contributed by atoms with Gasteiger partial charge in [-0.05, 0) is 37.0 Å². The first-order valence-corrected chi connectivity index (χ1v) is 6.60. The second-order valence-corrected chi connectivity index (χ2v) is 5.47. The number of aliphatic hydroxyl groups excluding tert-OH is 1. The average molecular weight is 268 g/mol. The highest BCUT2D eigenvalue weighted by Crippen LogP contribution is 2.23. The number of carbonyl (C=O) groups is 1. The van der Waals surface area contributed by atoms with Gasteiger partial charge in [-0.1, -0.05) is 24.6 Å². The Balaban J connectivity index is 2.16. The van der Waals surface area contributed by atoms with E-state index in [4.69, 9.17) is 11.6 Å². The molecule has 1 aliphatic rings. The lowest BCUT2D eigenvalue weighted by Gasteiger charge is -2.34. The number of β-amino-alcohol motifs (C(OH)–C–C–N with tert-alkyl or cyclic N) is 1. The lowest BCUT2D eigenvalue weighted by Crippen LogP contribution is -2.45. The van der Waals surface area contributed by atoms with Gasteiger partial charge in [0.15, 0.2) is 0 Å². The summed E-state index contributed by atoms with van der Waals surface area (Å²) in [5.41, 5.74) is 1.55. The molecule has 1 heterocycles. The summed E-state index contributed by atoms with van der Waals surface area (Å²) in [6.45, 7) is 5.02. The van der Waals surface area contributed by atoms with Gasteiger partial charge in [0.25, 0.3) is 5.91 Å². The van der Waals surface area contributed by atoms with Crippen molar-refractivity contribution in [3.05, 3.63) is 34.3 Å². The predicted molar refractivity (Wildman–Crippen MR) is 71.9 cm³/mol. The molecular weight excluding hydrogens is 250 g/mol. The van der Waals surface area contributed by atoms with Gasteiger partial charge in [-0.25, -0.2) is 0 Å². The molecule has 18 heavy (non-hydrogen) atoms. The van der Waals surface area contributed by atoms with Crippen LogP contribution in [0.25, 0.3) is 0 Å². The zero-order valence-electron chi connectivity index (χ0n) is 10.7. The van der Waals surface area contributed by atoms with Gasteiger partial charge in [-0.15, -0.1) is 0 Å². The maximum absolute atomic E-state index is 12.3. The Labute approximate surface area is 112 Å². The smallest absolute Gasteiger partial charge is 0.255 e. The molecule has 1 aromatic rings. The molecule has 1 aliphatic heterocycles. The molecule has 1 aromatic carbocycles. The summed E-state index contributed by atoms with van der Waals surface area (Å²) in [6, 6.07) is 5.42. The van der Waals surface area contributed by atoms with E-state index in [1.807, 2.05) is 19.9 Å². The monoisotopic (exact) mass is 267 g/mol. The molecule has 2 unspecified atom stereocenters. The minimum atomic E-state index is -0.438. The minimum absolute atomic E-state index is 0.0917. The lowest BCUT2D eigenvalue weighted by molar-refractivity contribution is 0.0249. The third-order valence-corrected chi connectivity index (χ3v) is 3.87. The van der Waals surface area contributed by atoms with Crippen molar-refractivity contribution in [3.8, 4) is 0 Å². The Bertz CT molecular complexity index is 461. The van der Waals surface area contributed by atoms with E-state index >= 15 is 0 Å². The summed E-state index contributed by atoms with van der Waals surface area (Å²) < 4.78 is 0. The summed E-state index contributed by atoms with van der Waals surface area (Å²) in [7, 11) is 0. The standard InChI is InChI=1S/C14H18ClNO2/c1-9-3-4-11(12(15)7-9)14(18)16-6-5-10(2)13(17)8-16/h3-4,7,10,13,17H,5-6,8H2,1-2H3. The van der Waals surface area contributed by atoms with Crippen LogP contribution in [0.2, 0.25) is 5.02 Å². The maximum atomic E-state index is 12.3. The Morgan fingerprint density at radius 3 is 2.83 bits per heavy atom. The first kappa shape index (κ1) is 13.4. The van der Waals surface area contributed by atoms with Crippen LogP contribution in [0.4, 0.5) is 0 Å². The molecule has 0 spiro atoms. The van der Waals surface area contributed by atoms with Gasteiger partial charge in [0.2, 0.25) is 0 Å². The van der Waals surface area contributed by atoms with Gasteiger partial charge in [0, 0.05) is 13.1 Å². The fraction of sp³-hybridized carbons (Fsp3) is 0.500. The molecule has 1 saturated heterocycles. The van der Waals surface area contributed by atoms with Crippen molar-refractivity contribution in [2.75, 3.05) is 13.1 Å². The van der Waals surface area contributed by atoms with Crippen LogP contribution in [-0.2, 0) is 0 Å². The zero-order chi connectivity index (χ0) is 13.3. The Hall–Kier alpha value is -1.06. The van der Waals surface area contributed by atoms with Gasteiger partial charge < -0.3 is 10.0 Å². The molecule has 1 amide bonds. The number of carbonyl (C=O) groups excluding carboxylic acids is 1. The number of hydrogen-bond donors (Lipinski definition) is 1.